The number of aromatic nitrogens is 1. The molecule has 0 radical (unpaired) electrons. The number of benzene rings is 1. The molecule has 2 aromatic rings. The van der Waals surface area contributed by atoms with E-state index in [0.717, 1.165) is 11.8 Å². The van der Waals surface area contributed by atoms with Gasteiger partial charge in [0.15, 0.2) is 0 Å². The van der Waals surface area contributed by atoms with E-state index in [4.69, 9.17) is 5.73 Å². The normalized spacial score (nSPS) is 11.2. The third-order valence-corrected chi connectivity index (χ3v) is 2.53. The van der Waals surface area contributed by atoms with Crippen LogP contribution >= 0.6 is 0 Å². The van der Waals surface area contributed by atoms with Crippen molar-refractivity contribution in [3.63, 3.8) is 0 Å². The zero-order valence-corrected chi connectivity index (χ0v) is 9.42. The van der Waals surface area contributed by atoms with Crippen LogP contribution in [0.4, 0.5) is 5.69 Å². The van der Waals surface area contributed by atoms with E-state index in [0.29, 0.717) is 17.4 Å². The molecule has 0 saturated carbocycles. The highest BCUT2D eigenvalue weighted by Crippen LogP contribution is 2.14. The van der Waals surface area contributed by atoms with Crippen LogP contribution in [0.25, 0.3) is 17.0 Å². The highest BCUT2D eigenvalue weighted by Gasteiger charge is 2.14. The predicted octanol–water partition coefficient (Wildman–Crippen LogP) is 1.41. The van der Waals surface area contributed by atoms with Crippen molar-refractivity contribution in [1.29, 1.82) is 0 Å². The summed E-state index contributed by atoms with van der Waals surface area (Å²) in [6.07, 6.45) is 4.62. The Hall–Kier alpha value is -2.47. The van der Waals surface area contributed by atoms with Crippen molar-refractivity contribution in [3.05, 3.63) is 56.4 Å². The van der Waals surface area contributed by atoms with Crippen molar-refractivity contribution in [2.75, 3.05) is 6.54 Å². The molecule has 0 unspecified atom stereocenters. The first-order valence-corrected chi connectivity index (χ1v) is 5.30. The van der Waals surface area contributed by atoms with Gasteiger partial charge in [0.1, 0.15) is 0 Å². The number of nitro groups is 1. The number of fused-ring (bicyclic) bond motifs is 1. The summed E-state index contributed by atoms with van der Waals surface area (Å²) >= 11 is 0. The minimum absolute atomic E-state index is 0.295. The largest absolute Gasteiger partial charge is 0.355 e. The molecule has 0 bridgehead atoms. The maximum Gasteiger partial charge on any atom is 0.332 e. The first-order chi connectivity index (χ1) is 8.63. The van der Waals surface area contributed by atoms with E-state index in [-0.39, 0.29) is 0 Å². The van der Waals surface area contributed by atoms with Crippen molar-refractivity contribution in [1.82, 2.24) is 4.98 Å². The molecule has 6 heteroatoms. The Morgan fingerprint density at radius 1 is 1.44 bits per heavy atom. The van der Waals surface area contributed by atoms with Gasteiger partial charge in [-0.2, -0.15) is 0 Å². The van der Waals surface area contributed by atoms with Crippen LogP contribution in [0.3, 0.4) is 0 Å². The highest BCUT2D eigenvalue weighted by molar-refractivity contribution is 5.82. The average Bonchev–Trinajstić information content (AvgIpc) is 2.36. The lowest BCUT2D eigenvalue weighted by Gasteiger charge is -1.99. The van der Waals surface area contributed by atoms with E-state index in [1.165, 1.54) is 0 Å². The zero-order valence-electron chi connectivity index (χ0n) is 9.42. The Kier molecular flexibility index (Phi) is 3.20. The summed E-state index contributed by atoms with van der Waals surface area (Å²) in [5.74, 6) is 0. The van der Waals surface area contributed by atoms with E-state index >= 15 is 0 Å². The molecule has 0 fully saturated rings. The van der Waals surface area contributed by atoms with Gasteiger partial charge in [-0.3, -0.25) is 14.9 Å². The number of hydrogen-bond donors (Lipinski definition) is 2. The van der Waals surface area contributed by atoms with Gasteiger partial charge in [-0.15, -0.1) is 0 Å². The van der Waals surface area contributed by atoms with Crippen molar-refractivity contribution in [2.45, 2.75) is 0 Å². The molecule has 6 nitrogen and oxygen atoms in total. The Labute approximate surface area is 102 Å². The van der Waals surface area contributed by atoms with Crippen LogP contribution in [0.5, 0.6) is 0 Å². The lowest BCUT2D eigenvalue weighted by molar-refractivity contribution is -0.386. The third kappa shape index (κ3) is 2.14. The van der Waals surface area contributed by atoms with Gasteiger partial charge in [0, 0.05) is 12.1 Å². The van der Waals surface area contributed by atoms with Crippen molar-refractivity contribution in [3.8, 4) is 0 Å². The van der Waals surface area contributed by atoms with Gasteiger partial charge in [0.05, 0.1) is 16.5 Å². The Morgan fingerprint density at radius 2 is 2.22 bits per heavy atom. The number of nitrogens with zero attached hydrogens (tertiary/aromatic N) is 1. The van der Waals surface area contributed by atoms with Crippen molar-refractivity contribution in [2.24, 2.45) is 5.73 Å². The predicted molar refractivity (Wildman–Crippen MR) is 69.3 cm³/mol. The minimum atomic E-state index is -0.694. The highest BCUT2D eigenvalue weighted by atomic mass is 16.6. The first kappa shape index (κ1) is 12.0. The Morgan fingerprint density at radius 3 is 2.89 bits per heavy atom. The molecule has 0 aliphatic rings. The maximum absolute atomic E-state index is 11.9. The molecule has 0 amide bonds. The molecular weight excluding hydrogens is 234 g/mol. The third-order valence-electron chi connectivity index (χ3n) is 2.53. The lowest BCUT2D eigenvalue weighted by atomic mass is 10.1. The summed E-state index contributed by atoms with van der Waals surface area (Å²) in [6, 6.07) is 5.11. The molecule has 92 valence electrons. The molecule has 0 atom stereocenters. The molecule has 1 aromatic carbocycles. The number of H-pyrrole nitrogens is 1. The van der Waals surface area contributed by atoms with E-state index in [9.17, 15) is 14.9 Å². The lowest BCUT2D eigenvalue weighted by Crippen LogP contribution is -2.09. The number of aromatic amines is 1. The molecule has 0 saturated heterocycles. The van der Waals surface area contributed by atoms with Crippen LogP contribution in [-0.2, 0) is 0 Å². The summed E-state index contributed by atoms with van der Waals surface area (Å²) in [5, 5.41) is 11.0. The van der Waals surface area contributed by atoms with Crippen LogP contribution in [0.15, 0.2) is 35.3 Å². The van der Waals surface area contributed by atoms with Gasteiger partial charge < -0.3 is 10.7 Å². The van der Waals surface area contributed by atoms with E-state index < -0.39 is 16.0 Å². The summed E-state index contributed by atoms with van der Waals surface area (Å²) in [4.78, 5) is 24.6. The first-order valence-electron chi connectivity index (χ1n) is 5.30. The van der Waals surface area contributed by atoms with Gasteiger partial charge in [0.25, 0.3) is 5.43 Å². The second kappa shape index (κ2) is 4.80. The van der Waals surface area contributed by atoms with Gasteiger partial charge in [-0.05, 0) is 17.7 Å². The van der Waals surface area contributed by atoms with E-state index in [1.54, 1.807) is 30.4 Å². The quantitative estimate of drug-likeness (QED) is 0.630. The molecule has 1 heterocycles. The van der Waals surface area contributed by atoms with Crippen molar-refractivity contribution >= 4 is 22.7 Å². The van der Waals surface area contributed by atoms with Gasteiger partial charge in [0.2, 0.25) is 0 Å². The second-order valence-corrected chi connectivity index (χ2v) is 3.70. The number of nitrogens with one attached hydrogen (secondary N) is 1. The molecule has 2 rings (SSSR count). The fourth-order valence-electron chi connectivity index (χ4n) is 1.67. The van der Waals surface area contributed by atoms with Gasteiger partial charge in [-0.25, -0.2) is 0 Å². The fraction of sp³-hybridized carbons (Fsp3) is 0.0833. The van der Waals surface area contributed by atoms with Crippen LogP contribution in [-0.4, -0.2) is 16.5 Å². The fourth-order valence-corrected chi connectivity index (χ4v) is 1.67. The molecular formula is C12H11N3O3. The summed E-state index contributed by atoms with van der Waals surface area (Å²) < 4.78 is 0. The summed E-state index contributed by atoms with van der Waals surface area (Å²) in [6.45, 7) is 0.392. The molecule has 0 aliphatic carbocycles. The summed E-state index contributed by atoms with van der Waals surface area (Å²) in [7, 11) is 0. The maximum atomic E-state index is 11.9. The molecule has 18 heavy (non-hydrogen) atoms. The second-order valence-electron chi connectivity index (χ2n) is 3.70. The Bertz CT molecular complexity index is 689. The minimum Gasteiger partial charge on any atom is -0.355 e. The monoisotopic (exact) mass is 245 g/mol. The molecule has 0 aliphatic heterocycles. The Balaban J connectivity index is 2.67. The van der Waals surface area contributed by atoms with Crippen LogP contribution in [0, 0.1) is 10.1 Å². The van der Waals surface area contributed by atoms with E-state index in [1.807, 2.05) is 0 Å². The number of hydrogen-bond acceptors (Lipinski definition) is 4. The SMILES string of the molecule is NCC=Cc1ccc2[nH]cc([N+](=O)[O-])c(=O)c2c1. The molecule has 0 spiro atoms. The zero-order chi connectivity index (χ0) is 13.1. The summed E-state index contributed by atoms with van der Waals surface area (Å²) in [5.41, 5.74) is 5.64. The average molecular weight is 245 g/mol. The molecule has 1 aromatic heterocycles. The number of nitrogens with two attached hydrogens (primary N) is 1. The smallest absolute Gasteiger partial charge is 0.332 e. The van der Waals surface area contributed by atoms with Crippen LogP contribution < -0.4 is 11.2 Å². The number of pyridine rings is 1. The molecule has 3 N–H and O–H groups in total. The number of rotatable bonds is 3. The van der Waals surface area contributed by atoms with Crippen LogP contribution in [0.2, 0.25) is 0 Å². The van der Waals surface area contributed by atoms with Crippen molar-refractivity contribution < 1.29 is 4.92 Å². The standard InChI is InChI=1S/C12H11N3O3/c13-5-1-2-8-3-4-10-9(6-8)12(16)11(7-14-10)15(17)18/h1-4,6-7H,5,13H2,(H,14,16). The van der Waals surface area contributed by atoms with E-state index in [2.05, 4.69) is 4.98 Å². The van der Waals surface area contributed by atoms with Crippen LogP contribution in [0.1, 0.15) is 5.56 Å². The topological polar surface area (TPSA) is 102 Å². The van der Waals surface area contributed by atoms with Gasteiger partial charge >= 0.3 is 5.69 Å². The van der Waals surface area contributed by atoms with Gasteiger partial charge in [-0.1, -0.05) is 18.2 Å².